The summed E-state index contributed by atoms with van der Waals surface area (Å²) < 4.78 is 0.608. The van der Waals surface area contributed by atoms with Gasteiger partial charge in [-0.05, 0) is 42.8 Å². The Morgan fingerprint density at radius 3 is 2.57 bits per heavy atom. The number of nitrogens with one attached hydrogen (secondary N) is 1. The first-order chi connectivity index (χ1) is 9.88. The molecule has 0 unspecified atom stereocenters. The molecule has 2 rings (SSSR count). The number of nitrogens with zero attached hydrogens (tertiary/aromatic N) is 1. The number of hydrogen-bond donors (Lipinski definition) is 2. The van der Waals surface area contributed by atoms with Gasteiger partial charge in [-0.1, -0.05) is 15.9 Å². The first-order valence-corrected chi connectivity index (χ1v) is 6.72. The van der Waals surface area contributed by atoms with Gasteiger partial charge < -0.3 is 10.4 Å². The molecule has 0 atom stereocenters. The van der Waals surface area contributed by atoms with Crippen molar-refractivity contribution >= 4 is 39.0 Å². The molecular weight excluding hydrogens is 340 g/mol. The summed E-state index contributed by atoms with van der Waals surface area (Å²) in [4.78, 5) is 21.5. The highest BCUT2D eigenvalue weighted by molar-refractivity contribution is 9.10. The van der Waals surface area contributed by atoms with Crippen molar-refractivity contribution < 1.29 is 14.8 Å². The van der Waals surface area contributed by atoms with E-state index in [9.17, 15) is 14.9 Å². The van der Waals surface area contributed by atoms with Crippen LogP contribution < -0.4 is 5.32 Å². The van der Waals surface area contributed by atoms with Gasteiger partial charge in [0.05, 0.1) is 10.5 Å². The molecule has 21 heavy (non-hydrogen) atoms. The summed E-state index contributed by atoms with van der Waals surface area (Å²) in [5, 5.41) is 23.0. The molecule has 0 fully saturated rings. The summed E-state index contributed by atoms with van der Waals surface area (Å²) in [5.74, 6) is -1.01. The summed E-state index contributed by atoms with van der Waals surface area (Å²) in [6, 6.07) is 9.35. The van der Waals surface area contributed by atoms with Crippen molar-refractivity contribution in [3.63, 3.8) is 0 Å². The molecule has 6 nitrogen and oxygen atoms in total. The Balaban J connectivity index is 2.37. The van der Waals surface area contributed by atoms with Gasteiger partial charge in [0.2, 0.25) is 0 Å². The lowest BCUT2D eigenvalue weighted by Crippen LogP contribution is -2.01. The average Bonchev–Trinajstić information content (AvgIpc) is 2.40. The smallest absolute Gasteiger partial charge is 0.335 e. The Kier molecular flexibility index (Phi) is 4.23. The second-order valence-electron chi connectivity index (χ2n) is 4.38. The van der Waals surface area contributed by atoms with Crippen LogP contribution in [0.15, 0.2) is 40.9 Å². The number of aromatic carboxylic acids is 1. The van der Waals surface area contributed by atoms with Crippen molar-refractivity contribution in [2.45, 2.75) is 6.92 Å². The molecule has 2 aromatic carbocycles. The van der Waals surface area contributed by atoms with Crippen LogP contribution in [0.25, 0.3) is 0 Å². The van der Waals surface area contributed by atoms with Crippen molar-refractivity contribution in [1.29, 1.82) is 0 Å². The van der Waals surface area contributed by atoms with Gasteiger partial charge in [-0.15, -0.1) is 0 Å². The van der Waals surface area contributed by atoms with E-state index >= 15 is 0 Å². The van der Waals surface area contributed by atoms with Crippen LogP contribution in [0.4, 0.5) is 17.1 Å². The third-order valence-corrected chi connectivity index (χ3v) is 3.39. The molecule has 0 aromatic heterocycles. The summed E-state index contributed by atoms with van der Waals surface area (Å²) in [5.41, 5.74) is 1.64. The molecule has 2 N–H and O–H groups in total. The zero-order valence-corrected chi connectivity index (χ0v) is 12.5. The molecule has 0 bridgehead atoms. The first kappa shape index (κ1) is 15.0. The van der Waals surface area contributed by atoms with E-state index in [0.29, 0.717) is 21.4 Å². The first-order valence-electron chi connectivity index (χ1n) is 5.93. The fourth-order valence-corrected chi connectivity index (χ4v) is 2.25. The van der Waals surface area contributed by atoms with Gasteiger partial charge in [-0.3, -0.25) is 10.1 Å². The lowest BCUT2D eigenvalue weighted by atomic mass is 10.1. The summed E-state index contributed by atoms with van der Waals surface area (Å²) in [7, 11) is 0. The molecule has 0 amide bonds. The van der Waals surface area contributed by atoms with Gasteiger partial charge in [-0.25, -0.2) is 4.79 Å². The van der Waals surface area contributed by atoms with Crippen LogP contribution in [-0.2, 0) is 0 Å². The predicted molar refractivity (Wildman–Crippen MR) is 82.2 cm³/mol. The summed E-state index contributed by atoms with van der Waals surface area (Å²) in [6.07, 6.45) is 0. The Labute approximate surface area is 128 Å². The number of anilines is 2. The van der Waals surface area contributed by atoms with Crippen molar-refractivity contribution in [3.05, 3.63) is 62.1 Å². The summed E-state index contributed by atoms with van der Waals surface area (Å²) >= 11 is 3.19. The predicted octanol–water partition coefficient (Wildman–Crippen LogP) is 4.11. The van der Waals surface area contributed by atoms with E-state index in [-0.39, 0.29) is 11.3 Å². The number of carboxylic acid groups (broad SMARTS) is 1. The van der Waals surface area contributed by atoms with Crippen LogP contribution in [0.3, 0.4) is 0 Å². The zero-order chi connectivity index (χ0) is 15.6. The maximum absolute atomic E-state index is 11.0. The molecular formula is C14H11BrN2O4. The zero-order valence-electron chi connectivity index (χ0n) is 11.0. The monoisotopic (exact) mass is 350 g/mol. The molecule has 0 aliphatic heterocycles. The highest BCUT2D eigenvalue weighted by Gasteiger charge is 2.15. The van der Waals surface area contributed by atoms with Crippen LogP contribution in [0.1, 0.15) is 15.9 Å². The number of carboxylic acids is 1. The standard InChI is InChI=1S/C14H11BrN2O4/c1-8-6-10(3-4-11(8)14(18)19)16-12-5-2-9(15)7-13(12)17(20)21/h2-7,16H,1H3,(H,18,19). The van der Waals surface area contributed by atoms with Gasteiger partial charge in [0.15, 0.2) is 0 Å². The van der Waals surface area contributed by atoms with Gasteiger partial charge in [0.25, 0.3) is 5.69 Å². The molecule has 0 aliphatic carbocycles. The minimum Gasteiger partial charge on any atom is -0.478 e. The van der Waals surface area contributed by atoms with E-state index in [4.69, 9.17) is 5.11 Å². The van der Waals surface area contributed by atoms with Crippen LogP contribution >= 0.6 is 15.9 Å². The lowest BCUT2D eigenvalue weighted by molar-refractivity contribution is -0.384. The molecule has 7 heteroatoms. The molecule has 0 saturated heterocycles. The number of halogens is 1. The highest BCUT2D eigenvalue weighted by Crippen LogP contribution is 2.31. The van der Waals surface area contributed by atoms with Gasteiger partial charge in [-0.2, -0.15) is 0 Å². The largest absolute Gasteiger partial charge is 0.478 e. The Bertz CT molecular complexity index is 731. The number of carbonyl (C=O) groups is 1. The number of nitro benzene ring substituents is 1. The number of rotatable bonds is 4. The van der Waals surface area contributed by atoms with Gasteiger partial charge >= 0.3 is 5.97 Å². The maximum atomic E-state index is 11.0. The van der Waals surface area contributed by atoms with E-state index < -0.39 is 10.9 Å². The van der Waals surface area contributed by atoms with Crippen molar-refractivity contribution in [2.24, 2.45) is 0 Å². The average molecular weight is 351 g/mol. The molecule has 0 aliphatic rings. The quantitative estimate of drug-likeness (QED) is 0.639. The van der Waals surface area contributed by atoms with Crippen molar-refractivity contribution in [2.75, 3.05) is 5.32 Å². The number of nitro groups is 1. The van der Waals surface area contributed by atoms with Crippen LogP contribution in [0.5, 0.6) is 0 Å². The maximum Gasteiger partial charge on any atom is 0.335 e. The molecule has 2 aromatic rings. The number of aryl methyl sites for hydroxylation is 1. The van der Waals surface area contributed by atoms with Crippen molar-refractivity contribution in [3.8, 4) is 0 Å². The molecule has 0 spiro atoms. The van der Waals surface area contributed by atoms with E-state index in [1.54, 1.807) is 31.2 Å². The van der Waals surface area contributed by atoms with Crippen LogP contribution in [0.2, 0.25) is 0 Å². The molecule has 0 saturated carbocycles. The van der Waals surface area contributed by atoms with Gasteiger partial charge in [0.1, 0.15) is 5.69 Å². The minimum atomic E-state index is -1.01. The number of benzene rings is 2. The van der Waals surface area contributed by atoms with Crippen LogP contribution in [0, 0.1) is 17.0 Å². The van der Waals surface area contributed by atoms with E-state index in [1.165, 1.54) is 12.1 Å². The minimum absolute atomic E-state index is 0.0654. The third-order valence-electron chi connectivity index (χ3n) is 2.89. The second kappa shape index (κ2) is 5.92. The van der Waals surface area contributed by atoms with E-state index in [0.717, 1.165) is 0 Å². The fraction of sp³-hybridized carbons (Fsp3) is 0.0714. The van der Waals surface area contributed by atoms with E-state index in [1.807, 2.05) is 0 Å². The Hall–Kier alpha value is -2.41. The second-order valence-corrected chi connectivity index (χ2v) is 5.29. The molecule has 0 heterocycles. The van der Waals surface area contributed by atoms with Crippen LogP contribution in [-0.4, -0.2) is 16.0 Å². The Morgan fingerprint density at radius 1 is 1.29 bits per heavy atom. The topological polar surface area (TPSA) is 92.5 Å². The molecule has 108 valence electrons. The lowest BCUT2D eigenvalue weighted by Gasteiger charge is -2.09. The number of hydrogen-bond acceptors (Lipinski definition) is 4. The summed E-state index contributed by atoms with van der Waals surface area (Å²) in [6.45, 7) is 1.67. The van der Waals surface area contributed by atoms with E-state index in [2.05, 4.69) is 21.2 Å². The molecule has 0 radical (unpaired) electrons. The Morgan fingerprint density at radius 2 is 2.00 bits per heavy atom. The highest BCUT2D eigenvalue weighted by atomic mass is 79.9. The van der Waals surface area contributed by atoms with Gasteiger partial charge in [0, 0.05) is 16.2 Å². The third kappa shape index (κ3) is 3.38. The SMILES string of the molecule is Cc1cc(Nc2ccc(Br)cc2[N+](=O)[O-])ccc1C(=O)O. The fourth-order valence-electron chi connectivity index (χ4n) is 1.90. The normalized spacial score (nSPS) is 10.2. The van der Waals surface area contributed by atoms with Crippen molar-refractivity contribution in [1.82, 2.24) is 0 Å².